The molecule has 1 nitrogen and oxygen atoms in total. The van der Waals surface area contributed by atoms with Gasteiger partial charge < -0.3 is 5.11 Å². The third kappa shape index (κ3) is 2.48. The van der Waals surface area contributed by atoms with Gasteiger partial charge in [-0.1, -0.05) is 13.8 Å². The van der Waals surface area contributed by atoms with E-state index in [1.165, 1.54) is 25.7 Å². The van der Waals surface area contributed by atoms with Gasteiger partial charge >= 0.3 is 0 Å². The standard InChI is InChI=1S/C11H22O/c1-8(2)10-4-6-11(7-5-10)9(3)12/h8-12H,4-7H2,1-3H3/t9?,10-,11+. The summed E-state index contributed by atoms with van der Waals surface area (Å²) in [5.41, 5.74) is 0. The van der Waals surface area contributed by atoms with Crippen molar-refractivity contribution >= 4 is 0 Å². The van der Waals surface area contributed by atoms with E-state index in [0.717, 1.165) is 11.8 Å². The molecule has 0 aromatic carbocycles. The van der Waals surface area contributed by atoms with Crippen LogP contribution in [0.3, 0.4) is 0 Å². The highest BCUT2D eigenvalue weighted by atomic mass is 16.3. The predicted molar refractivity (Wildman–Crippen MR) is 52.0 cm³/mol. The van der Waals surface area contributed by atoms with Gasteiger partial charge in [0, 0.05) is 0 Å². The Balaban J connectivity index is 2.30. The molecule has 72 valence electrons. The molecule has 0 amide bonds. The van der Waals surface area contributed by atoms with Crippen molar-refractivity contribution in [1.82, 2.24) is 0 Å². The summed E-state index contributed by atoms with van der Waals surface area (Å²) in [5, 5.41) is 9.40. The van der Waals surface area contributed by atoms with Crippen molar-refractivity contribution in [2.24, 2.45) is 17.8 Å². The van der Waals surface area contributed by atoms with E-state index in [-0.39, 0.29) is 6.10 Å². The quantitative estimate of drug-likeness (QED) is 0.675. The second kappa shape index (κ2) is 4.27. The molecular formula is C11H22O. The summed E-state index contributed by atoms with van der Waals surface area (Å²) in [6.45, 7) is 6.56. The average Bonchev–Trinajstić information content (AvgIpc) is 2.04. The maximum Gasteiger partial charge on any atom is 0.0540 e. The van der Waals surface area contributed by atoms with Gasteiger partial charge in [0.2, 0.25) is 0 Å². The van der Waals surface area contributed by atoms with Gasteiger partial charge in [0.25, 0.3) is 0 Å². The van der Waals surface area contributed by atoms with Gasteiger partial charge in [-0.15, -0.1) is 0 Å². The number of aliphatic hydroxyl groups is 1. The minimum atomic E-state index is -0.0851. The number of aliphatic hydroxyl groups excluding tert-OH is 1. The van der Waals surface area contributed by atoms with Crippen molar-refractivity contribution < 1.29 is 5.11 Å². The molecule has 1 heteroatoms. The molecule has 0 bridgehead atoms. The van der Waals surface area contributed by atoms with Gasteiger partial charge in [-0.3, -0.25) is 0 Å². The van der Waals surface area contributed by atoms with E-state index in [9.17, 15) is 5.11 Å². The minimum Gasteiger partial charge on any atom is -0.393 e. The SMILES string of the molecule is CC(C)[C@H]1CC[C@@H](C(C)O)CC1. The minimum absolute atomic E-state index is 0.0851. The molecule has 12 heavy (non-hydrogen) atoms. The van der Waals surface area contributed by atoms with Gasteiger partial charge in [0.05, 0.1) is 6.10 Å². The molecule has 1 saturated carbocycles. The van der Waals surface area contributed by atoms with Gasteiger partial charge in [0.1, 0.15) is 0 Å². The van der Waals surface area contributed by atoms with Crippen LogP contribution in [0.4, 0.5) is 0 Å². The first-order valence-electron chi connectivity index (χ1n) is 5.29. The van der Waals surface area contributed by atoms with Crippen molar-refractivity contribution in [3.63, 3.8) is 0 Å². The Kier molecular flexibility index (Phi) is 3.57. The Morgan fingerprint density at radius 3 is 1.67 bits per heavy atom. The summed E-state index contributed by atoms with van der Waals surface area (Å²) in [7, 11) is 0. The molecule has 0 aliphatic heterocycles. The topological polar surface area (TPSA) is 20.2 Å². The lowest BCUT2D eigenvalue weighted by Gasteiger charge is -2.32. The van der Waals surface area contributed by atoms with Crippen LogP contribution in [0.15, 0.2) is 0 Å². The zero-order chi connectivity index (χ0) is 9.14. The Hall–Kier alpha value is -0.0400. The van der Waals surface area contributed by atoms with Crippen molar-refractivity contribution in [2.45, 2.75) is 52.6 Å². The Bertz CT molecular complexity index is 105. The fourth-order valence-corrected chi connectivity index (χ4v) is 2.29. The van der Waals surface area contributed by atoms with Crippen molar-refractivity contribution in [2.75, 3.05) is 0 Å². The highest BCUT2D eigenvalue weighted by molar-refractivity contribution is 4.76. The average molecular weight is 170 g/mol. The fraction of sp³-hybridized carbons (Fsp3) is 1.00. The van der Waals surface area contributed by atoms with E-state index in [4.69, 9.17) is 0 Å². The van der Waals surface area contributed by atoms with E-state index in [2.05, 4.69) is 13.8 Å². The van der Waals surface area contributed by atoms with Gasteiger partial charge in [-0.05, 0) is 50.4 Å². The molecule has 0 aromatic rings. The maximum absolute atomic E-state index is 9.40. The maximum atomic E-state index is 9.40. The lowest BCUT2D eigenvalue weighted by Crippen LogP contribution is -2.25. The molecule has 0 spiro atoms. The smallest absolute Gasteiger partial charge is 0.0540 e. The van der Waals surface area contributed by atoms with Crippen molar-refractivity contribution in [3.05, 3.63) is 0 Å². The number of hydrogen-bond acceptors (Lipinski definition) is 1. The zero-order valence-corrected chi connectivity index (χ0v) is 8.59. The second-order valence-corrected chi connectivity index (χ2v) is 4.66. The first kappa shape index (κ1) is 10.0. The summed E-state index contributed by atoms with van der Waals surface area (Å²) in [6.07, 6.45) is 5.04. The third-order valence-electron chi connectivity index (χ3n) is 3.44. The van der Waals surface area contributed by atoms with Crippen LogP contribution in [0, 0.1) is 17.8 Å². The lowest BCUT2D eigenvalue weighted by atomic mass is 9.75. The van der Waals surface area contributed by atoms with Crippen LogP contribution >= 0.6 is 0 Å². The molecule has 1 aliphatic carbocycles. The molecule has 1 N–H and O–H groups in total. The van der Waals surface area contributed by atoms with Crippen LogP contribution in [0.5, 0.6) is 0 Å². The van der Waals surface area contributed by atoms with Crippen molar-refractivity contribution in [1.29, 1.82) is 0 Å². The highest BCUT2D eigenvalue weighted by Crippen LogP contribution is 2.34. The first-order valence-corrected chi connectivity index (χ1v) is 5.29. The Morgan fingerprint density at radius 2 is 1.33 bits per heavy atom. The molecule has 0 saturated heterocycles. The monoisotopic (exact) mass is 170 g/mol. The van der Waals surface area contributed by atoms with E-state index in [1.807, 2.05) is 6.92 Å². The Morgan fingerprint density at radius 1 is 0.917 bits per heavy atom. The molecule has 1 atom stereocenters. The van der Waals surface area contributed by atoms with Crippen LogP contribution in [-0.2, 0) is 0 Å². The molecular weight excluding hydrogens is 148 g/mol. The van der Waals surface area contributed by atoms with E-state index < -0.39 is 0 Å². The first-order chi connectivity index (χ1) is 5.61. The third-order valence-corrected chi connectivity index (χ3v) is 3.44. The van der Waals surface area contributed by atoms with Crippen LogP contribution in [0.2, 0.25) is 0 Å². The van der Waals surface area contributed by atoms with Crippen LogP contribution < -0.4 is 0 Å². The normalized spacial score (nSPS) is 33.8. The van der Waals surface area contributed by atoms with E-state index in [1.54, 1.807) is 0 Å². The van der Waals surface area contributed by atoms with Crippen LogP contribution in [0.1, 0.15) is 46.5 Å². The van der Waals surface area contributed by atoms with E-state index in [0.29, 0.717) is 5.92 Å². The van der Waals surface area contributed by atoms with Gasteiger partial charge in [-0.25, -0.2) is 0 Å². The predicted octanol–water partition coefficient (Wildman–Crippen LogP) is 2.83. The lowest BCUT2D eigenvalue weighted by molar-refractivity contribution is 0.0810. The Labute approximate surface area is 76.2 Å². The van der Waals surface area contributed by atoms with E-state index >= 15 is 0 Å². The highest BCUT2D eigenvalue weighted by Gasteiger charge is 2.25. The van der Waals surface area contributed by atoms with Crippen LogP contribution in [0.25, 0.3) is 0 Å². The molecule has 1 unspecified atom stereocenters. The molecule has 1 fully saturated rings. The largest absolute Gasteiger partial charge is 0.393 e. The summed E-state index contributed by atoms with van der Waals surface area (Å²) >= 11 is 0. The summed E-state index contributed by atoms with van der Waals surface area (Å²) < 4.78 is 0. The fourth-order valence-electron chi connectivity index (χ4n) is 2.29. The van der Waals surface area contributed by atoms with Crippen molar-refractivity contribution in [3.8, 4) is 0 Å². The molecule has 1 aliphatic rings. The molecule has 0 aromatic heterocycles. The summed E-state index contributed by atoms with van der Waals surface area (Å²) in [5.74, 6) is 2.33. The number of hydrogen-bond donors (Lipinski definition) is 1. The second-order valence-electron chi connectivity index (χ2n) is 4.66. The van der Waals surface area contributed by atoms with Gasteiger partial charge in [0.15, 0.2) is 0 Å². The van der Waals surface area contributed by atoms with Crippen LogP contribution in [-0.4, -0.2) is 11.2 Å². The summed E-state index contributed by atoms with van der Waals surface area (Å²) in [6, 6.07) is 0. The molecule has 0 heterocycles. The zero-order valence-electron chi connectivity index (χ0n) is 8.59. The molecule has 0 radical (unpaired) electrons. The van der Waals surface area contributed by atoms with Gasteiger partial charge in [-0.2, -0.15) is 0 Å². The molecule has 1 rings (SSSR count). The summed E-state index contributed by atoms with van der Waals surface area (Å²) in [4.78, 5) is 0. The number of rotatable bonds is 2.